The summed E-state index contributed by atoms with van der Waals surface area (Å²) in [6.45, 7) is 0. The highest BCUT2D eigenvalue weighted by Crippen LogP contribution is 2.14. The fraction of sp³-hybridized carbons (Fsp3) is 0.167. The Bertz CT molecular complexity index is 857. The second kappa shape index (κ2) is 4.34. The second-order valence-corrected chi connectivity index (χ2v) is 4.25. The number of carbonyl (C=O) groups excluding carboxylic acids is 1. The number of H-pyrrole nitrogens is 1. The molecule has 0 aliphatic carbocycles. The zero-order valence-corrected chi connectivity index (χ0v) is 10.8. The van der Waals surface area contributed by atoms with Gasteiger partial charge in [-0.05, 0) is 0 Å². The summed E-state index contributed by atoms with van der Waals surface area (Å²) in [6, 6.07) is 1.39. The van der Waals surface area contributed by atoms with Crippen molar-refractivity contribution < 1.29 is 9.53 Å². The largest absolute Gasteiger partial charge is 0.464 e. The molecule has 0 aromatic carbocycles. The average molecular weight is 273 g/mol. The lowest BCUT2D eigenvalue weighted by molar-refractivity contribution is 0.0593. The Labute approximate surface area is 112 Å². The number of methoxy groups -OCH3 is 1. The molecule has 3 aromatic heterocycles. The van der Waals surface area contributed by atoms with Crippen LogP contribution in [0.5, 0.6) is 0 Å². The molecule has 0 unspecified atom stereocenters. The quantitative estimate of drug-likeness (QED) is 0.673. The highest BCUT2D eigenvalue weighted by molar-refractivity contribution is 5.88. The van der Waals surface area contributed by atoms with Crippen LogP contribution in [0.15, 0.2) is 29.5 Å². The van der Waals surface area contributed by atoms with Crippen LogP contribution >= 0.6 is 0 Å². The SMILES string of the molecule is COC(=O)c1cc2c(=O)[nH]c(-c3cnn(C)c3)cn2n1. The number of aryl methyl sites for hydroxylation is 1. The van der Waals surface area contributed by atoms with Crippen LogP contribution in [0.2, 0.25) is 0 Å². The first-order valence-electron chi connectivity index (χ1n) is 5.78. The van der Waals surface area contributed by atoms with E-state index in [1.807, 2.05) is 0 Å². The van der Waals surface area contributed by atoms with Gasteiger partial charge in [-0.15, -0.1) is 0 Å². The van der Waals surface area contributed by atoms with Gasteiger partial charge in [-0.1, -0.05) is 0 Å². The summed E-state index contributed by atoms with van der Waals surface area (Å²) in [5.74, 6) is -0.587. The van der Waals surface area contributed by atoms with Crippen molar-refractivity contribution in [2.45, 2.75) is 0 Å². The van der Waals surface area contributed by atoms with Crippen molar-refractivity contribution in [3.63, 3.8) is 0 Å². The molecular formula is C12H11N5O3. The highest BCUT2D eigenvalue weighted by Gasteiger charge is 2.14. The van der Waals surface area contributed by atoms with Gasteiger partial charge in [0.15, 0.2) is 5.69 Å². The molecule has 0 saturated carbocycles. The molecule has 0 amide bonds. The molecule has 0 aliphatic heterocycles. The van der Waals surface area contributed by atoms with Crippen LogP contribution in [0.25, 0.3) is 16.8 Å². The number of ether oxygens (including phenoxy) is 1. The smallest absolute Gasteiger partial charge is 0.358 e. The minimum absolute atomic E-state index is 0.0846. The van der Waals surface area contributed by atoms with E-state index in [0.29, 0.717) is 5.69 Å². The Balaban J connectivity index is 2.18. The fourth-order valence-electron chi connectivity index (χ4n) is 1.91. The number of hydrogen-bond donors (Lipinski definition) is 1. The zero-order valence-electron chi connectivity index (χ0n) is 10.8. The average Bonchev–Trinajstić information content (AvgIpc) is 3.04. The summed E-state index contributed by atoms with van der Waals surface area (Å²) in [7, 11) is 3.04. The summed E-state index contributed by atoms with van der Waals surface area (Å²) in [5.41, 5.74) is 1.34. The molecule has 3 heterocycles. The number of fused-ring (bicyclic) bond motifs is 1. The first kappa shape index (κ1) is 12.2. The lowest BCUT2D eigenvalue weighted by Crippen LogP contribution is -2.10. The molecule has 1 N–H and O–H groups in total. The van der Waals surface area contributed by atoms with E-state index in [9.17, 15) is 9.59 Å². The number of nitrogens with zero attached hydrogens (tertiary/aromatic N) is 4. The van der Waals surface area contributed by atoms with Crippen LogP contribution in [0, 0.1) is 0 Å². The molecule has 0 fully saturated rings. The standard InChI is InChI=1S/C12H11N5O3/c1-16-5-7(4-13-16)9-6-17-10(11(18)14-9)3-8(15-17)12(19)20-2/h3-6H,1-2H3,(H,14,18). The van der Waals surface area contributed by atoms with Crippen molar-refractivity contribution >= 4 is 11.5 Å². The molecule has 102 valence electrons. The van der Waals surface area contributed by atoms with Gasteiger partial charge in [-0.3, -0.25) is 9.48 Å². The van der Waals surface area contributed by atoms with E-state index in [1.54, 1.807) is 30.3 Å². The topological polar surface area (TPSA) is 94.3 Å². The summed E-state index contributed by atoms with van der Waals surface area (Å²) < 4.78 is 7.56. The van der Waals surface area contributed by atoms with E-state index in [0.717, 1.165) is 5.56 Å². The first-order chi connectivity index (χ1) is 9.58. The molecule has 20 heavy (non-hydrogen) atoms. The van der Waals surface area contributed by atoms with Crippen molar-refractivity contribution in [2.75, 3.05) is 7.11 Å². The van der Waals surface area contributed by atoms with Gasteiger partial charge in [0.1, 0.15) is 5.52 Å². The molecule has 8 heteroatoms. The molecule has 8 nitrogen and oxygen atoms in total. The number of hydrogen-bond acceptors (Lipinski definition) is 5. The number of rotatable bonds is 2. The summed E-state index contributed by atoms with van der Waals surface area (Å²) in [5, 5.41) is 8.07. The van der Waals surface area contributed by atoms with E-state index < -0.39 is 5.97 Å². The minimum atomic E-state index is -0.587. The number of aromatic nitrogens is 5. The van der Waals surface area contributed by atoms with Crippen LogP contribution < -0.4 is 5.56 Å². The lowest BCUT2D eigenvalue weighted by Gasteiger charge is -1.98. The van der Waals surface area contributed by atoms with Crippen molar-refractivity contribution in [3.05, 3.63) is 40.7 Å². The van der Waals surface area contributed by atoms with Crippen molar-refractivity contribution in [1.82, 2.24) is 24.4 Å². The molecule has 0 radical (unpaired) electrons. The number of esters is 1. The lowest BCUT2D eigenvalue weighted by atomic mass is 10.3. The molecule has 3 rings (SSSR count). The van der Waals surface area contributed by atoms with Gasteiger partial charge in [0.05, 0.1) is 25.2 Å². The zero-order chi connectivity index (χ0) is 14.3. The monoisotopic (exact) mass is 273 g/mol. The van der Waals surface area contributed by atoms with Gasteiger partial charge in [0, 0.05) is 24.9 Å². The molecule has 0 saturated heterocycles. The Hall–Kier alpha value is -2.90. The van der Waals surface area contributed by atoms with Crippen molar-refractivity contribution in [2.24, 2.45) is 7.05 Å². The van der Waals surface area contributed by atoms with E-state index in [1.165, 1.54) is 17.7 Å². The maximum atomic E-state index is 12.0. The van der Waals surface area contributed by atoms with Crippen molar-refractivity contribution in [1.29, 1.82) is 0 Å². The van der Waals surface area contributed by atoms with Gasteiger partial charge in [0.25, 0.3) is 5.56 Å². The molecular weight excluding hydrogens is 262 g/mol. The maximum Gasteiger partial charge on any atom is 0.358 e. The summed E-state index contributed by atoms with van der Waals surface area (Å²) in [4.78, 5) is 26.2. The predicted molar refractivity (Wildman–Crippen MR) is 69.4 cm³/mol. The number of carbonyl (C=O) groups is 1. The predicted octanol–water partition coefficient (Wildman–Crippen LogP) is 0.210. The maximum absolute atomic E-state index is 12.0. The minimum Gasteiger partial charge on any atom is -0.464 e. The van der Waals surface area contributed by atoms with Gasteiger partial charge in [0.2, 0.25) is 0 Å². The van der Waals surface area contributed by atoms with E-state index in [2.05, 4.69) is 19.9 Å². The number of nitrogens with one attached hydrogen (secondary N) is 1. The Morgan fingerprint density at radius 2 is 2.20 bits per heavy atom. The Morgan fingerprint density at radius 1 is 1.40 bits per heavy atom. The normalized spacial score (nSPS) is 10.9. The summed E-state index contributed by atoms with van der Waals surface area (Å²) >= 11 is 0. The van der Waals surface area contributed by atoms with Crippen molar-refractivity contribution in [3.8, 4) is 11.3 Å². The first-order valence-corrected chi connectivity index (χ1v) is 5.78. The molecule has 3 aromatic rings. The highest BCUT2D eigenvalue weighted by atomic mass is 16.5. The van der Waals surface area contributed by atoms with Crippen LogP contribution in [-0.4, -0.2) is 37.5 Å². The second-order valence-electron chi connectivity index (χ2n) is 4.25. The molecule has 0 bridgehead atoms. The van der Waals surface area contributed by atoms with E-state index in [-0.39, 0.29) is 16.8 Å². The van der Waals surface area contributed by atoms with Gasteiger partial charge in [-0.25, -0.2) is 9.31 Å². The third-order valence-electron chi connectivity index (χ3n) is 2.88. The van der Waals surface area contributed by atoms with Crippen LogP contribution in [0.4, 0.5) is 0 Å². The van der Waals surface area contributed by atoms with E-state index in [4.69, 9.17) is 0 Å². The summed E-state index contributed by atoms with van der Waals surface area (Å²) in [6.07, 6.45) is 5.02. The van der Waals surface area contributed by atoms with Crippen LogP contribution in [-0.2, 0) is 11.8 Å². The van der Waals surface area contributed by atoms with Gasteiger partial charge >= 0.3 is 5.97 Å². The van der Waals surface area contributed by atoms with Gasteiger partial charge in [-0.2, -0.15) is 10.2 Å². The Morgan fingerprint density at radius 3 is 2.85 bits per heavy atom. The van der Waals surface area contributed by atoms with Crippen LogP contribution in [0.1, 0.15) is 10.5 Å². The van der Waals surface area contributed by atoms with Gasteiger partial charge < -0.3 is 9.72 Å². The molecule has 0 aliphatic rings. The third-order valence-corrected chi connectivity index (χ3v) is 2.88. The van der Waals surface area contributed by atoms with Crippen LogP contribution in [0.3, 0.4) is 0 Å². The molecule has 0 spiro atoms. The number of aromatic amines is 1. The van der Waals surface area contributed by atoms with E-state index >= 15 is 0 Å². The Kier molecular flexibility index (Phi) is 2.63. The third kappa shape index (κ3) is 1.87. The molecule has 0 atom stereocenters. The fourth-order valence-corrected chi connectivity index (χ4v) is 1.91.